The van der Waals surface area contributed by atoms with Crippen LogP contribution < -0.4 is 4.90 Å². The van der Waals surface area contributed by atoms with Crippen LogP contribution in [0.15, 0.2) is 53.6 Å². The lowest BCUT2D eigenvalue weighted by atomic mass is 9.59. The summed E-state index contributed by atoms with van der Waals surface area (Å²) < 4.78 is 18.4. The van der Waals surface area contributed by atoms with Crippen molar-refractivity contribution in [1.82, 2.24) is 0 Å². The van der Waals surface area contributed by atoms with Crippen LogP contribution in [0.2, 0.25) is 0 Å². The van der Waals surface area contributed by atoms with Crippen LogP contribution >= 0.6 is 0 Å². The van der Waals surface area contributed by atoms with Crippen molar-refractivity contribution in [3.8, 4) is 0 Å². The number of carbonyl (C=O) groups excluding carboxylic acids is 3. The van der Waals surface area contributed by atoms with Gasteiger partial charge in [-0.2, -0.15) is 0 Å². The van der Waals surface area contributed by atoms with Gasteiger partial charge in [-0.05, 0) is 73.6 Å². The molecule has 1 aliphatic heterocycles. The van der Waals surface area contributed by atoms with Crippen molar-refractivity contribution in [3.05, 3.63) is 53.6 Å². The molecule has 5 aliphatic rings. The topological polar surface area (TPSA) is 102 Å². The highest BCUT2D eigenvalue weighted by atomic mass is 16.7. The number of benzene rings is 1. The molecule has 1 spiro atoms. The van der Waals surface area contributed by atoms with Gasteiger partial charge in [0.15, 0.2) is 23.3 Å². The summed E-state index contributed by atoms with van der Waals surface area (Å²) in [6.07, 6.45) is 2.29. The van der Waals surface area contributed by atoms with Crippen LogP contribution in [0.25, 0.3) is 0 Å². The molecule has 0 unspecified atom stereocenters. The SMILES string of the molecule is CC1=C[C@]23C(=O)[C@@H](C=C4COC(C)(C)O[C@H]4[C@]2(O)[C@H]1OC(=O)C(=O)N(C)c1ccccc1)[C@H]1[C@@H](C[C@H]3C)C1(C)C. The number of allylic oxidation sites excluding steroid dienone is 1. The number of esters is 1. The highest BCUT2D eigenvalue weighted by Crippen LogP contribution is 2.72. The molecule has 8 heteroatoms. The Bertz CT molecular complexity index is 1350. The van der Waals surface area contributed by atoms with Gasteiger partial charge in [-0.3, -0.25) is 9.59 Å². The van der Waals surface area contributed by atoms with Gasteiger partial charge in [0.2, 0.25) is 0 Å². The number of ether oxygens (including phenoxy) is 3. The zero-order valence-corrected chi connectivity index (χ0v) is 24.3. The smallest absolute Gasteiger partial charge is 0.398 e. The predicted molar refractivity (Wildman–Crippen MR) is 147 cm³/mol. The molecule has 1 aromatic rings. The second-order valence-corrected chi connectivity index (χ2v) is 13.5. The molecule has 3 fully saturated rings. The van der Waals surface area contributed by atoms with Crippen LogP contribution in [0.4, 0.5) is 5.69 Å². The number of Topliss-reactive ketones (excluding diaryl/α,β-unsaturated/α-hetero) is 1. The maximum Gasteiger partial charge on any atom is 0.398 e. The minimum atomic E-state index is -1.96. The molecule has 2 saturated carbocycles. The maximum absolute atomic E-state index is 14.7. The molecule has 1 N–H and O–H groups in total. The van der Waals surface area contributed by atoms with E-state index in [1.165, 1.54) is 11.9 Å². The van der Waals surface area contributed by atoms with Crippen molar-refractivity contribution in [3.63, 3.8) is 0 Å². The minimum absolute atomic E-state index is 0.00145. The Morgan fingerprint density at radius 2 is 1.80 bits per heavy atom. The van der Waals surface area contributed by atoms with E-state index < -0.39 is 46.8 Å². The zero-order chi connectivity index (χ0) is 29.0. The van der Waals surface area contributed by atoms with Crippen LogP contribution in [0.3, 0.4) is 0 Å². The van der Waals surface area contributed by atoms with Crippen LogP contribution in [-0.4, -0.2) is 60.0 Å². The van der Waals surface area contributed by atoms with E-state index in [4.69, 9.17) is 14.2 Å². The van der Waals surface area contributed by atoms with Crippen molar-refractivity contribution in [2.45, 2.75) is 71.6 Å². The van der Waals surface area contributed by atoms with Gasteiger partial charge in [-0.1, -0.05) is 51.1 Å². The summed E-state index contributed by atoms with van der Waals surface area (Å²) in [5.41, 5.74) is -1.58. The molecule has 0 radical (unpaired) electrons. The van der Waals surface area contributed by atoms with E-state index in [9.17, 15) is 19.5 Å². The zero-order valence-electron chi connectivity index (χ0n) is 24.3. The molecular formula is C32H39NO7. The second-order valence-electron chi connectivity index (χ2n) is 13.5. The first kappa shape index (κ1) is 27.4. The lowest BCUT2D eigenvalue weighted by Gasteiger charge is -2.52. The van der Waals surface area contributed by atoms with Gasteiger partial charge < -0.3 is 24.2 Å². The van der Waals surface area contributed by atoms with Crippen molar-refractivity contribution in [2.75, 3.05) is 18.6 Å². The summed E-state index contributed by atoms with van der Waals surface area (Å²) in [4.78, 5) is 42.5. The Balaban J connectivity index is 1.44. The summed E-state index contributed by atoms with van der Waals surface area (Å²) >= 11 is 0. The first-order chi connectivity index (χ1) is 18.7. The van der Waals surface area contributed by atoms with E-state index in [1.54, 1.807) is 45.0 Å². The van der Waals surface area contributed by atoms with Crippen LogP contribution in [0.5, 0.6) is 0 Å². The molecule has 1 saturated heterocycles. The highest BCUT2D eigenvalue weighted by Gasteiger charge is 2.77. The van der Waals surface area contributed by atoms with Gasteiger partial charge in [0.25, 0.3) is 0 Å². The average molecular weight is 550 g/mol. The van der Waals surface area contributed by atoms with Gasteiger partial charge in [0.05, 0.1) is 12.0 Å². The van der Waals surface area contributed by atoms with Crippen molar-refractivity contribution in [1.29, 1.82) is 0 Å². The molecular weight excluding hydrogens is 510 g/mol. The summed E-state index contributed by atoms with van der Waals surface area (Å²) in [5, 5.41) is 13.0. The van der Waals surface area contributed by atoms with Gasteiger partial charge in [0.1, 0.15) is 6.10 Å². The molecule has 6 rings (SSSR count). The molecule has 214 valence electrons. The Labute approximate surface area is 235 Å². The van der Waals surface area contributed by atoms with Gasteiger partial charge in [-0.25, -0.2) is 4.79 Å². The van der Waals surface area contributed by atoms with E-state index in [0.29, 0.717) is 22.8 Å². The van der Waals surface area contributed by atoms with E-state index in [1.807, 2.05) is 25.1 Å². The fourth-order valence-corrected chi connectivity index (χ4v) is 8.36. The number of fused-ring (bicyclic) bond motifs is 5. The number of anilines is 1. The third-order valence-electron chi connectivity index (χ3n) is 10.5. The molecule has 40 heavy (non-hydrogen) atoms. The lowest BCUT2D eigenvalue weighted by Crippen LogP contribution is -2.68. The second kappa shape index (κ2) is 8.60. The molecule has 1 amide bonds. The van der Waals surface area contributed by atoms with Gasteiger partial charge in [0, 0.05) is 18.7 Å². The number of carbonyl (C=O) groups is 3. The maximum atomic E-state index is 14.7. The largest absolute Gasteiger partial charge is 0.447 e. The van der Waals surface area contributed by atoms with Crippen LogP contribution in [0, 0.1) is 34.5 Å². The molecule has 0 aromatic heterocycles. The van der Waals surface area contributed by atoms with E-state index >= 15 is 0 Å². The normalized spacial score (nSPS) is 40.2. The lowest BCUT2D eigenvalue weighted by molar-refractivity contribution is -0.303. The quantitative estimate of drug-likeness (QED) is 0.340. The molecule has 1 aromatic carbocycles. The summed E-state index contributed by atoms with van der Waals surface area (Å²) in [6.45, 7) is 11.9. The third-order valence-corrected chi connectivity index (χ3v) is 10.5. The molecule has 8 atom stereocenters. The fraction of sp³-hybridized carbons (Fsp3) is 0.594. The number of hydrogen-bond acceptors (Lipinski definition) is 7. The van der Waals surface area contributed by atoms with Gasteiger partial charge >= 0.3 is 11.9 Å². The fourth-order valence-electron chi connectivity index (χ4n) is 8.36. The van der Waals surface area contributed by atoms with Crippen molar-refractivity contribution >= 4 is 23.3 Å². The number of nitrogens with zero attached hydrogens (tertiary/aromatic N) is 1. The molecule has 1 heterocycles. The minimum Gasteiger partial charge on any atom is -0.447 e. The number of rotatable bonds is 2. The van der Waals surface area contributed by atoms with E-state index in [2.05, 4.69) is 13.8 Å². The van der Waals surface area contributed by atoms with Crippen LogP contribution in [-0.2, 0) is 28.6 Å². The monoisotopic (exact) mass is 549 g/mol. The first-order valence-electron chi connectivity index (χ1n) is 14.2. The van der Waals surface area contributed by atoms with E-state index in [-0.39, 0.29) is 29.6 Å². The Kier molecular flexibility index (Phi) is 5.88. The number of para-hydroxylation sites is 1. The average Bonchev–Trinajstić information content (AvgIpc) is 3.40. The summed E-state index contributed by atoms with van der Waals surface area (Å²) in [7, 11) is 1.50. The highest BCUT2D eigenvalue weighted by molar-refractivity contribution is 6.38. The van der Waals surface area contributed by atoms with Crippen molar-refractivity contribution < 1.29 is 33.7 Å². The van der Waals surface area contributed by atoms with Crippen LogP contribution in [0.1, 0.15) is 48.0 Å². The number of ketones is 1. The predicted octanol–water partition coefficient (Wildman–Crippen LogP) is 3.83. The summed E-state index contributed by atoms with van der Waals surface area (Å²) in [6, 6.07) is 8.79. The third kappa shape index (κ3) is 3.51. The van der Waals surface area contributed by atoms with E-state index in [0.717, 1.165) is 6.42 Å². The van der Waals surface area contributed by atoms with Gasteiger partial charge in [-0.15, -0.1) is 0 Å². The first-order valence-corrected chi connectivity index (χ1v) is 14.2. The number of amides is 1. The molecule has 2 bridgehead atoms. The molecule has 8 nitrogen and oxygen atoms in total. The number of hydrogen-bond donors (Lipinski definition) is 1. The standard InChI is InChI=1S/C32H39NO7/c1-17-15-31-18(2)13-22-23(29(22,3)4)21(24(31)34)14-19-16-38-30(5,6)40-26(19)32(31,37)25(17)39-28(36)27(35)33(7)20-11-9-8-10-12-20/h8-12,14-15,18,21-23,25-26,37H,13,16H2,1-7H3/t18-,21+,22-,23+,25+,26-,31+,32-/m1/s1. The Morgan fingerprint density at radius 1 is 1.12 bits per heavy atom. The Hall–Kier alpha value is -2.81. The molecule has 4 aliphatic carbocycles. The Morgan fingerprint density at radius 3 is 2.48 bits per heavy atom. The summed E-state index contributed by atoms with van der Waals surface area (Å²) in [5.74, 6) is -3.31. The number of aliphatic hydroxyl groups is 1. The number of likely N-dealkylation sites (N-methyl/N-ethyl adjacent to an activating group) is 1. The van der Waals surface area contributed by atoms with Crippen molar-refractivity contribution in [2.24, 2.45) is 34.5 Å².